The van der Waals surface area contributed by atoms with E-state index in [1.807, 2.05) is 0 Å². The lowest BCUT2D eigenvalue weighted by atomic mass is 9.89. The zero-order chi connectivity index (χ0) is 24.9. The summed E-state index contributed by atoms with van der Waals surface area (Å²) < 4.78 is 61.1. The predicted octanol–water partition coefficient (Wildman–Crippen LogP) is 3.25. The fraction of sp³-hybridized carbons (Fsp3) is 0.455. The maximum atomic E-state index is 15.0. The first-order valence-corrected chi connectivity index (χ1v) is 12.1. The number of rotatable bonds is 6. The summed E-state index contributed by atoms with van der Waals surface area (Å²) >= 11 is 0. The van der Waals surface area contributed by atoms with Gasteiger partial charge in [0, 0.05) is 12.2 Å². The van der Waals surface area contributed by atoms with Crippen molar-refractivity contribution in [1.29, 1.82) is 0 Å². The van der Waals surface area contributed by atoms with E-state index in [0.717, 1.165) is 6.20 Å². The lowest BCUT2D eigenvalue weighted by molar-refractivity contribution is -0.0500. The molecule has 0 spiro atoms. The maximum Gasteiger partial charge on any atom is 0.387 e. The van der Waals surface area contributed by atoms with Gasteiger partial charge in [0.25, 0.3) is 0 Å². The minimum Gasteiger partial charge on any atom is -0.433 e. The van der Waals surface area contributed by atoms with Gasteiger partial charge >= 0.3 is 6.61 Å². The second-order valence-corrected chi connectivity index (χ2v) is 11.8. The molecule has 2 aromatic rings. The average Bonchev–Trinajstić information content (AvgIpc) is 3.18. The number of aliphatic imine (C=N–C) groups is 1. The van der Waals surface area contributed by atoms with Crippen LogP contribution in [0.2, 0.25) is 0 Å². The van der Waals surface area contributed by atoms with Gasteiger partial charge in [-0.15, -0.1) is 0 Å². The van der Waals surface area contributed by atoms with Gasteiger partial charge in [-0.2, -0.15) is 8.78 Å². The van der Waals surface area contributed by atoms with Crippen LogP contribution in [0.5, 0.6) is 5.75 Å². The van der Waals surface area contributed by atoms with Crippen molar-refractivity contribution in [3.8, 4) is 5.75 Å². The largest absolute Gasteiger partial charge is 0.433 e. The van der Waals surface area contributed by atoms with Crippen LogP contribution >= 0.6 is 0 Å². The predicted molar refractivity (Wildman–Crippen MR) is 120 cm³/mol. The number of aromatic nitrogens is 2. The number of nitrogens with zero attached hydrogens (tertiary/aromatic N) is 4. The molecule has 0 aromatic carbocycles. The highest BCUT2D eigenvalue weighted by atomic mass is 32.2. The van der Waals surface area contributed by atoms with Crippen molar-refractivity contribution in [2.75, 3.05) is 6.54 Å². The Morgan fingerprint density at radius 3 is 2.65 bits per heavy atom. The van der Waals surface area contributed by atoms with Crippen molar-refractivity contribution in [3.05, 3.63) is 53.4 Å². The molecule has 2 N–H and O–H groups in total. The Bertz CT molecular complexity index is 1290. The van der Waals surface area contributed by atoms with Crippen LogP contribution in [-0.2, 0) is 21.7 Å². The van der Waals surface area contributed by atoms with Gasteiger partial charge in [-0.1, -0.05) is 0 Å². The number of alkyl halides is 2. The van der Waals surface area contributed by atoms with Gasteiger partial charge < -0.3 is 10.5 Å². The highest BCUT2D eigenvalue weighted by molar-refractivity contribution is 7.96. The molecule has 0 bridgehead atoms. The van der Waals surface area contributed by atoms with E-state index in [-0.39, 0.29) is 35.1 Å². The van der Waals surface area contributed by atoms with E-state index in [2.05, 4.69) is 24.1 Å². The molecule has 12 heteroatoms. The Kier molecular flexibility index (Phi) is 5.91. The fourth-order valence-corrected chi connectivity index (χ4v) is 7.53. The van der Waals surface area contributed by atoms with Crippen molar-refractivity contribution in [2.24, 2.45) is 15.1 Å². The molecule has 2 aliphatic heterocycles. The van der Waals surface area contributed by atoms with E-state index in [0.29, 0.717) is 13.0 Å². The van der Waals surface area contributed by atoms with Gasteiger partial charge in [0.2, 0.25) is 0 Å². The van der Waals surface area contributed by atoms with Gasteiger partial charge in [0.05, 0.1) is 27.6 Å². The Labute approximate surface area is 195 Å². The minimum atomic E-state index is -3.00. The van der Waals surface area contributed by atoms with E-state index in [1.54, 1.807) is 20.8 Å². The number of Topliss-reactive ketones (excluding diaryl/α,β-unsaturated/α-hetero) is 1. The van der Waals surface area contributed by atoms with Crippen LogP contribution in [0.15, 0.2) is 39.8 Å². The van der Waals surface area contributed by atoms with E-state index in [9.17, 15) is 17.8 Å². The number of pyridine rings is 2. The molecule has 3 atom stereocenters. The Morgan fingerprint density at radius 1 is 1.26 bits per heavy atom. The number of hydrogen-bond donors (Lipinski definition) is 1. The first-order valence-electron chi connectivity index (χ1n) is 10.6. The molecule has 0 radical (unpaired) electrons. The summed E-state index contributed by atoms with van der Waals surface area (Å²) in [5, 5.41) is -0.598. The lowest BCUT2D eigenvalue weighted by Gasteiger charge is -2.44. The second-order valence-electron chi connectivity index (χ2n) is 8.84. The summed E-state index contributed by atoms with van der Waals surface area (Å²) in [6, 6.07) is 5.01. The lowest BCUT2D eigenvalue weighted by Crippen LogP contribution is -2.58. The number of hydrogen-bond acceptors (Lipinski definition) is 8. The van der Waals surface area contributed by atoms with Crippen LogP contribution in [0, 0.1) is 5.82 Å². The van der Waals surface area contributed by atoms with Crippen LogP contribution in [0.1, 0.15) is 49.1 Å². The molecule has 0 fully saturated rings. The molecule has 34 heavy (non-hydrogen) atoms. The van der Waals surface area contributed by atoms with Crippen LogP contribution in [0.4, 0.5) is 13.2 Å². The summed E-state index contributed by atoms with van der Waals surface area (Å²) in [4.78, 5) is 25.5. The fourth-order valence-electron chi connectivity index (χ4n) is 4.39. The molecule has 8 nitrogen and oxygen atoms in total. The third-order valence-corrected chi connectivity index (χ3v) is 10.1. The molecule has 0 saturated carbocycles. The van der Waals surface area contributed by atoms with Gasteiger partial charge in [-0.3, -0.25) is 14.8 Å². The number of fused-ring (bicyclic) bond motifs is 1. The van der Waals surface area contributed by atoms with Crippen LogP contribution in [0.25, 0.3) is 0 Å². The third kappa shape index (κ3) is 3.83. The van der Waals surface area contributed by atoms with E-state index in [4.69, 9.17) is 5.73 Å². The Balaban J connectivity index is 1.67. The summed E-state index contributed by atoms with van der Waals surface area (Å²) in [6.45, 7) is 2.43. The van der Waals surface area contributed by atoms with Gasteiger partial charge in [-0.25, -0.2) is 17.9 Å². The smallest absolute Gasteiger partial charge is 0.387 e. The SMILES string of the molecule is CC1(C)C(N)=N[C@](C)(c2nc(CC(=O)c3ccc(OC(F)F)cn3)ccc2F)[C@@H]2CCN=[S@]21=O. The average molecular weight is 496 g/mol. The first kappa shape index (κ1) is 24.1. The van der Waals surface area contributed by atoms with Crippen LogP contribution < -0.4 is 10.5 Å². The summed E-state index contributed by atoms with van der Waals surface area (Å²) in [6.07, 6.45) is 1.24. The maximum absolute atomic E-state index is 15.0. The van der Waals surface area contributed by atoms with E-state index in [1.165, 1.54) is 24.3 Å². The van der Waals surface area contributed by atoms with E-state index >= 15 is 4.39 Å². The summed E-state index contributed by atoms with van der Waals surface area (Å²) in [5.41, 5.74) is 5.07. The molecular weight excluding hydrogens is 471 g/mol. The van der Waals surface area contributed by atoms with Gasteiger partial charge in [0.1, 0.15) is 39.1 Å². The van der Waals surface area contributed by atoms with Crippen molar-refractivity contribution >= 4 is 21.3 Å². The molecule has 2 aliphatic rings. The number of nitrogens with two attached hydrogens (primary N) is 1. The monoisotopic (exact) mass is 495 g/mol. The molecule has 0 aliphatic carbocycles. The number of amidine groups is 1. The first-order chi connectivity index (χ1) is 15.9. The van der Waals surface area contributed by atoms with Crippen LogP contribution in [-0.4, -0.2) is 48.9 Å². The minimum absolute atomic E-state index is 0.0137. The second kappa shape index (κ2) is 8.33. The van der Waals surface area contributed by atoms with Crippen LogP contribution in [0.3, 0.4) is 0 Å². The van der Waals surface area contributed by atoms with Gasteiger partial charge in [0.15, 0.2) is 5.78 Å². The van der Waals surface area contributed by atoms with Crippen molar-refractivity contribution in [2.45, 2.75) is 55.8 Å². The number of halogens is 3. The van der Waals surface area contributed by atoms with Gasteiger partial charge in [-0.05, 0) is 51.5 Å². The van der Waals surface area contributed by atoms with Crippen molar-refractivity contribution < 1.29 is 26.9 Å². The van der Waals surface area contributed by atoms with Crippen molar-refractivity contribution in [1.82, 2.24) is 9.97 Å². The van der Waals surface area contributed by atoms with E-state index < -0.39 is 43.5 Å². The summed E-state index contributed by atoms with van der Waals surface area (Å²) in [5.74, 6) is -1.18. The Hall–Kier alpha value is -3.02. The molecular formula is C22H24F3N5O3S. The molecule has 4 rings (SSSR count). The molecule has 0 amide bonds. The topological polar surface area (TPSA) is 120 Å². The molecule has 0 saturated heterocycles. The third-order valence-electron chi connectivity index (χ3n) is 6.36. The highest BCUT2D eigenvalue weighted by Crippen LogP contribution is 2.47. The molecule has 0 unspecified atom stereocenters. The molecule has 182 valence electrons. The zero-order valence-corrected chi connectivity index (χ0v) is 19.6. The molecule has 4 heterocycles. The zero-order valence-electron chi connectivity index (χ0n) is 18.8. The molecule has 2 aromatic heterocycles. The summed E-state index contributed by atoms with van der Waals surface area (Å²) in [7, 11) is -2.87. The number of ether oxygens (including phenoxy) is 1. The number of carbonyl (C=O) groups excluding carboxylic acids is 1. The highest BCUT2D eigenvalue weighted by Gasteiger charge is 2.57. The number of carbonyl (C=O) groups is 1. The standard InChI is InChI=1S/C22H24F3N5O3S/c1-21(2)19(26)30-22(3,17-8-9-28-34(17,21)32)18-14(23)6-4-12(29-18)10-16(31)15-7-5-13(11-27-15)33-20(24)25/h4-7,11,17,20H,8-10H2,1-3H3,(H2,26,30)/t17-,22-,34-/m0/s1. The number of ketones is 1. The quantitative estimate of drug-likeness (QED) is 0.615. The Morgan fingerprint density at radius 2 is 2.00 bits per heavy atom. The van der Waals surface area contributed by atoms with Crippen molar-refractivity contribution in [3.63, 3.8) is 0 Å². The normalized spacial score (nSPS) is 27.6.